The lowest BCUT2D eigenvalue weighted by molar-refractivity contribution is -0.119. The summed E-state index contributed by atoms with van der Waals surface area (Å²) in [4.78, 5) is 23.8. The fourth-order valence-electron chi connectivity index (χ4n) is 2.16. The van der Waals surface area contributed by atoms with Gasteiger partial charge in [-0.1, -0.05) is 12.1 Å². The first kappa shape index (κ1) is 16.7. The van der Waals surface area contributed by atoms with E-state index in [-0.39, 0.29) is 6.42 Å². The van der Waals surface area contributed by atoms with Gasteiger partial charge >= 0.3 is 0 Å². The Morgan fingerprint density at radius 2 is 1.71 bits per heavy atom. The standard InChI is InChI=1S/C18H14N4O2/c19-10-12-4-6-15(7-5-12)18(24)22-16(17(21)23)9-13-2-1-3-14(8-13)11-20/h1-8,16H,9H2,(H2,21,23)(H,22,24)/t16-/m0/s1. The second-order valence-electron chi connectivity index (χ2n) is 5.13. The van der Waals surface area contributed by atoms with Gasteiger partial charge in [-0.15, -0.1) is 0 Å². The molecule has 6 nitrogen and oxygen atoms in total. The molecule has 2 rings (SSSR count). The summed E-state index contributed by atoms with van der Waals surface area (Å²) in [5, 5.41) is 20.2. The van der Waals surface area contributed by atoms with E-state index in [4.69, 9.17) is 16.3 Å². The Morgan fingerprint density at radius 1 is 1.04 bits per heavy atom. The quantitative estimate of drug-likeness (QED) is 0.862. The lowest BCUT2D eigenvalue weighted by Crippen LogP contribution is -2.45. The van der Waals surface area contributed by atoms with Gasteiger partial charge in [-0.2, -0.15) is 10.5 Å². The van der Waals surface area contributed by atoms with E-state index in [2.05, 4.69) is 5.32 Å². The molecule has 24 heavy (non-hydrogen) atoms. The van der Waals surface area contributed by atoms with Crippen LogP contribution in [0.15, 0.2) is 48.5 Å². The summed E-state index contributed by atoms with van der Waals surface area (Å²) in [5.74, 6) is -1.13. The van der Waals surface area contributed by atoms with Crippen LogP contribution in [0.3, 0.4) is 0 Å². The molecule has 2 aromatic carbocycles. The second-order valence-corrected chi connectivity index (χ2v) is 5.13. The highest BCUT2D eigenvalue weighted by Gasteiger charge is 2.19. The fraction of sp³-hybridized carbons (Fsp3) is 0.111. The third-order valence-corrected chi connectivity index (χ3v) is 3.42. The summed E-state index contributed by atoms with van der Waals surface area (Å²) >= 11 is 0. The molecule has 1 atom stereocenters. The van der Waals surface area contributed by atoms with E-state index in [0.717, 1.165) is 5.56 Å². The maximum Gasteiger partial charge on any atom is 0.251 e. The zero-order valence-electron chi connectivity index (χ0n) is 12.7. The predicted octanol–water partition coefficient (Wildman–Crippen LogP) is 1.26. The lowest BCUT2D eigenvalue weighted by atomic mass is 10.0. The van der Waals surface area contributed by atoms with E-state index in [1.807, 2.05) is 12.1 Å². The van der Waals surface area contributed by atoms with Crippen LogP contribution in [-0.4, -0.2) is 17.9 Å². The number of carbonyl (C=O) groups excluding carboxylic acids is 2. The number of nitriles is 2. The molecule has 0 radical (unpaired) electrons. The van der Waals surface area contributed by atoms with Gasteiger partial charge in [0.2, 0.25) is 5.91 Å². The molecule has 0 bridgehead atoms. The highest BCUT2D eigenvalue weighted by Crippen LogP contribution is 2.09. The number of benzene rings is 2. The van der Waals surface area contributed by atoms with Gasteiger partial charge in [-0.25, -0.2) is 0 Å². The van der Waals surface area contributed by atoms with E-state index in [0.29, 0.717) is 16.7 Å². The summed E-state index contributed by atoms with van der Waals surface area (Å²) in [6.45, 7) is 0. The molecular formula is C18H14N4O2. The maximum absolute atomic E-state index is 12.2. The average molecular weight is 318 g/mol. The third kappa shape index (κ3) is 4.19. The minimum Gasteiger partial charge on any atom is -0.368 e. The van der Waals surface area contributed by atoms with Gasteiger partial charge in [0.1, 0.15) is 6.04 Å². The van der Waals surface area contributed by atoms with Crippen LogP contribution in [0.2, 0.25) is 0 Å². The molecule has 0 aliphatic rings. The van der Waals surface area contributed by atoms with Crippen LogP contribution in [-0.2, 0) is 11.2 Å². The summed E-state index contributed by atoms with van der Waals surface area (Å²) in [6, 6.07) is 15.9. The van der Waals surface area contributed by atoms with Crippen molar-refractivity contribution >= 4 is 11.8 Å². The van der Waals surface area contributed by atoms with Crippen LogP contribution in [0, 0.1) is 22.7 Å². The average Bonchev–Trinajstić information content (AvgIpc) is 2.61. The van der Waals surface area contributed by atoms with Gasteiger partial charge in [0.15, 0.2) is 0 Å². The molecule has 0 aliphatic carbocycles. The third-order valence-electron chi connectivity index (χ3n) is 3.42. The molecule has 0 saturated carbocycles. The Labute approximate surface area is 139 Å². The van der Waals surface area contributed by atoms with E-state index >= 15 is 0 Å². The van der Waals surface area contributed by atoms with E-state index in [1.54, 1.807) is 24.3 Å². The van der Waals surface area contributed by atoms with Gasteiger partial charge in [-0.3, -0.25) is 9.59 Å². The number of amides is 2. The van der Waals surface area contributed by atoms with Crippen molar-refractivity contribution in [2.45, 2.75) is 12.5 Å². The molecule has 0 fully saturated rings. The minimum atomic E-state index is -0.901. The first-order chi connectivity index (χ1) is 11.5. The van der Waals surface area contributed by atoms with Crippen molar-refractivity contribution in [2.24, 2.45) is 5.73 Å². The maximum atomic E-state index is 12.2. The Balaban J connectivity index is 2.13. The lowest BCUT2D eigenvalue weighted by Gasteiger charge is -2.16. The fourth-order valence-corrected chi connectivity index (χ4v) is 2.16. The number of rotatable bonds is 5. The van der Waals surface area contributed by atoms with Gasteiger partial charge in [-0.05, 0) is 42.0 Å². The molecule has 0 spiro atoms. The Bertz CT molecular complexity index is 845. The minimum absolute atomic E-state index is 0.187. The highest BCUT2D eigenvalue weighted by molar-refractivity contribution is 5.97. The van der Waals surface area contributed by atoms with Crippen LogP contribution in [0.4, 0.5) is 0 Å². The molecule has 2 amide bonds. The number of carbonyl (C=O) groups is 2. The summed E-state index contributed by atoms with van der Waals surface area (Å²) in [6.07, 6.45) is 0.187. The van der Waals surface area contributed by atoms with Gasteiger partial charge in [0, 0.05) is 12.0 Å². The van der Waals surface area contributed by atoms with Crippen LogP contribution < -0.4 is 11.1 Å². The number of hydrogen-bond donors (Lipinski definition) is 2. The predicted molar refractivity (Wildman–Crippen MR) is 86.5 cm³/mol. The normalized spacial score (nSPS) is 10.9. The van der Waals surface area contributed by atoms with Crippen LogP contribution in [0.5, 0.6) is 0 Å². The SMILES string of the molecule is N#Cc1ccc(C(=O)N[C@@H](Cc2cccc(C#N)c2)C(N)=O)cc1. The van der Waals surface area contributed by atoms with E-state index in [9.17, 15) is 9.59 Å². The largest absolute Gasteiger partial charge is 0.368 e. The molecule has 0 saturated heterocycles. The molecule has 2 aromatic rings. The molecule has 3 N–H and O–H groups in total. The van der Waals surface area contributed by atoms with Crippen molar-refractivity contribution in [2.75, 3.05) is 0 Å². The molecule has 0 aromatic heterocycles. The number of nitrogens with one attached hydrogen (secondary N) is 1. The molecule has 0 unspecified atom stereocenters. The summed E-state index contributed by atoms with van der Waals surface area (Å²) in [7, 11) is 0. The highest BCUT2D eigenvalue weighted by atomic mass is 16.2. The van der Waals surface area contributed by atoms with Crippen molar-refractivity contribution in [1.82, 2.24) is 5.32 Å². The van der Waals surface area contributed by atoms with Gasteiger partial charge in [0.25, 0.3) is 5.91 Å². The van der Waals surface area contributed by atoms with Crippen molar-refractivity contribution < 1.29 is 9.59 Å². The van der Waals surface area contributed by atoms with Crippen molar-refractivity contribution in [3.63, 3.8) is 0 Å². The molecule has 0 aliphatic heterocycles. The van der Waals surface area contributed by atoms with Gasteiger partial charge in [0.05, 0.1) is 23.3 Å². The number of nitrogens with zero attached hydrogens (tertiary/aromatic N) is 2. The van der Waals surface area contributed by atoms with Crippen LogP contribution in [0.1, 0.15) is 27.0 Å². The van der Waals surface area contributed by atoms with Crippen LogP contribution >= 0.6 is 0 Å². The first-order valence-corrected chi connectivity index (χ1v) is 7.13. The molecule has 0 heterocycles. The smallest absolute Gasteiger partial charge is 0.251 e. The summed E-state index contributed by atoms with van der Waals surface area (Å²) < 4.78 is 0. The number of primary amides is 1. The zero-order valence-corrected chi connectivity index (χ0v) is 12.7. The van der Waals surface area contributed by atoms with E-state index in [1.165, 1.54) is 24.3 Å². The Kier molecular flexibility index (Phi) is 5.28. The molecular weight excluding hydrogens is 304 g/mol. The van der Waals surface area contributed by atoms with Crippen molar-refractivity contribution in [1.29, 1.82) is 10.5 Å². The number of hydrogen-bond acceptors (Lipinski definition) is 4. The Morgan fingerprint density at radius 3 is 2.29 bits per heavy atom. The summed E-state index contributed by atoms with van der Waals surface area (Å²) in [5.41, 5.74) is 7.31. The molecule has 118 valence electrons. The number of nitrogens with two attached hydrogens (primary N) is 1. The zero-order chi connectivity index (χ0) is 17.5. The van der Waals surface area contributed by atoms with Crippen LogP contribution in [0.25, 0.3) is 0 Å². The topological polar surface area (TPSA) is 120 Å². The van der Waals surface area contributed by atoms with Crippen molar-refractivity contribution in [3.8, 4) is 12.1 Å². The van der Waals surface area contributed by atoms with Gasteiger partial charge < -0.3 is 11.1 Å². The monoisotopic (exact) mass is 318 g/mol. The molecule has 6 heteroatoms. The Hall–Kier alpha value is -3.64. The van der Waals surface area contributed by atoms with Crippen molar-refractivity contribution in [3.05, 3.63) is 70.8 Å². The van der Waals surface area contributed by atoms with E-state index < -0.39 is 17.9 Å². The first-order valence-electron chi connectivity index (χ1n) is 7.13. The second kappa shape index (κ2) is 7.57.